The molecule has 1 saturated carbocycles. The third kappa shape index (κ3) is 5.96. The van der Waals surface area contributed by atoms with E-state index in [0.717, 1.165) is 61.7 Å². The van der Waals surface area contributed by atoms with E-state index >= 15 is 0 Å². The minimum absolute atomic E-state index is 0.0811. The standard InChI is InChI=1S/C34H43ClN2O5S/c1-22-15-23(19-38)6-12-31(41-2)28-10-7-26(28)18-37-20-34(14-4-5-24-16-27(35)9-11-29(24)34)21-42-32-13-8-25(17-30(32)37)33(39)36-43(22,3)40/h6,8-9,11-13,16-17,22-23,26,28,31,38H,3-5,7,10,14-15,18-21H2,1-2H3,(H,36,39,40)/b12-6+/t22-,23+,26+,28-,31+,34+,43?/m1/s1. The maximum atomic E-state index is 13.6. The number of rotatable bonds is 2. The summed E-state index contributed by atoms with van der Waals surface area (Å²) in [5.74, 6) is 4.75. The van der Waals surface area contributed by atoms with Crippen molar-refractivity contribution in [3.05, 3.63) is 70.3 Å². The van der Waals surface area contributed by atoms with E-state index in [0.29, 0.717) is 30.4 Å². The first-order chi connectivity index (χ1) is 20.6. The van der Waals surface area contributed by atoms with E-state index in [-0.39, 0.29) is 24.0 Å². The second kappa shape index (κ2) is 12.1. The molecule has 2 aromatic carbocycles. The molecule has 2 heterocycles. The third-order valence-electron chi connectivity index (χ3n) is 10.3. The number of methoxy groups -OCH3 is 1. The van der Waals surface area contributed by atoms with E-state index in [1.807, 2.05) is 31.2 Å². The lowest BCUT2D eigenvalue weighted by molar-refractivity contribution is 0.0129. The number of hydrogen-bond acceptors (Lipinski definition) is 6. The Hall–Kier alpha value is -2.52. The van der Waals surface area contributed by atoms with Gasteiger partial charge in [0.25, 0.3) is 5.91 Å². The number of hydrogen-bond donors (Lipinski definition) is 2. The Kier molecular flexibility index (Phi) is 8.59. The lowest BCUT2D eigenvalue weighted by atomic mass is 9.68. The first kappa shape index (κ1) is 30.5. The number of halogens is 1. The number of carbonyl (C=O) groups excluding carboxylic acids is 1. The van der Waals surface area contributed by atoms with E-state index in [1.54, 1.807) is 13.2 Å². The van der Waals surface area contributed by atoms with Crippen molar-refractivity contribution in [3.63, 3.8) is 0 Å². The highest BCUT2D eigenvalue weighted by atomic mass is 35.5. The maximum Gasteiger partial charge on any atom is 0.262 e. The fourth-order valence-corrected chi connectivity index (χ4v) is 8.95. The molecule has 43 heavy (non-hydrogen) atoms. The Bertz CT molecular complexity index is 1510. The summed E-state index contributed by atoms with van der Waals surface area (Å²) in [6.45, 7) is 3.83. The van der Waals surface area contributed by atoms with E-state index in [2.05, 4.69) is 33.7 Å². The number of amides is 1. The fraction of sp³-hybridized carbons (Fsp3) is 0.529. The first-order valence-electron chi connectivity index (χ1n) is 15.4. The van der Waals surface area contributed by atoms with Gasteiger partial charge in [-0.15, -0.1) is 0 Å². The number of aliphatic hydroxyl groups is 1. The highest BCUT2D eigenvalue weighted by Gasteiger charge is 2.44. The van der Waals surface area contributed by atoms with Gasteiger partial charge in [0.05, 0.1) is 28.1 Å². The second-order valence-corrected chi connectivity index (χ2v) is 15.9. The Morgan fingerprint density at radius 3 is 2.81 bits per heavy atom. The summed E-state index contributed by atoms with van der Waals surface area (Å²) >= 11 is 6.42. The molecule has 9 heteroatoms. The molecule has 1 amide bonds. The summed E-state index contributed by atoms with van der Waals surface area (Å²) in [6.07, 6.45) is 9.62. The summed E-state index contributed by atoms with van der Waals surface area (Å²) in [5.41, 5.74) is 3.67. The van der Waals surface area contributed by atoms with Crippen LogP contribution >= 0.6 is 11.6 Å². The van der Waals surface area contributed by atoms with E-state index in [4.69, 9.17) is 21.1 Å². The molecule has 2 N–H and O–H groups in total. The molecule has 7 atom stereocenters. The van der Waals surface area contributed by atoms with Crippen LogP contribution < -0.4 is 14.4 Å². The van der Waals surface area contributed by atoms with Crippen LogP contribution in [0, 0.1) is 17.8 Å². The van der Waals surface area contributed by atoms with Crippen LogP contribution in [0.15, 0.2) is 48.6 Å². The predicted molar refractivity (Wildman–Crippen MR) is 174 cm³/mol. The monoisotopic (exact) mass is 626 g/mol. The first-order valence-corrected chi connectivity index (χ1v) is 17.6. The zero-order valence-corrected chi connectivity index (χ0v) is 26.7. The van der Waals surface area contributed by atoms with E-state index < -0.39 is 20.9 Å². The number of fused-ring (bicyclic) bond motifs is 4. The van der Waals surface area contributed by atoms with Crippen LogP contribution in [-0.4, -0.2) is 65.9 Å². The Morgan fingerprint density at radius 2 is 2.07 bits per heavy atom. The van der Waals surface area contributed by atoms with Crippen molar-refractivity contribution in [1.29, 1.82) is 0 Å². The molecule has 2 aliphatic heterocycles. The van der Waals surface area contributed by atoms with Crippen LogP contribution in [0.5, 0.6) is 5.75 Å². The van der Waals surface area contributed by atoms with E-state index in [9.17, 15) is 14.1 Å². The second-order valence-electron chi connectivity index (χ2n) is 13.0. The molecular formula is C34H43ClN2O5S. The molecule has 232 valence electrons. The normalized spacial score (nSPS) is 35.0. The average molecular weight is 627 g/mol. The van der Waals surface area contributed by atoms with Gasteiger partial charge >= 0.3 is 0 Å². The SMILES string of the molecule is C=S1(=O)NC(=O)c2ccc3c(c2)N(C[C@@H]2CC[C@H]2[C@@H](OC)/C=C/[C@H](CO)C[C@H]1C)C[C@@]1(CCCc2cc(Cl)ccc21)CO3. The van der Waals surface area contributed by atoms with Crippen LogP contribution in [0.2, 0.25) is 5.02 Å². The number of nitrogens with one attached hydrogen (secondary N) is 1. The molecule has 0 saturated heterocycles. The minimum Gasteiger partial charge on any atom is -0.490 e. The van der Waals surface area contributed by atoms with Crippen molar-refractivity contribution >= 4 is 38.8 Å². The summed E-state index contributed by atoms with van der Waals surface area (Å²) < 4.78 is 28.9. The van der Waals surface area contributed by atoms with Gasteiger partial charge in [0.1, 0.15) is 5.75 Å². The Morgan fingerprint density at radius 1 is 1.23 bits per heavy atom. The Balaban J connectivity index is 1.43. The average Bonchev–Trinajstić information content (AvgIpc) is 3.12. The summed E-state index contributed by atoms with van der Waals surface area (Å²) in [5, 5.41) is 10.4. The molecule has 0 radical (unpaired) electrons. The molecule has 2 aromatic rings. The number of benzene rings is 2. The fourth-order valence-electron chi connectivity index (χ4n) is 7.57. The molecule has 2 bridgehead atoms. The smallest absolute Gasteiger partial charge is 0.262 e. The van der Waals surface area contributed by atoms with Gasteiger partial charge in [-0.1, -0.05) is 29.8 Å². The van der Waals surface area contributed by atoms with Crippen molar-refractivity contribution in [2.24, 2.45) is 17.8 Å². The number of carbonyl (C=O) groups is 1. The number of aliphatic hydroxyl groups excluding tert-OH is 1. The number of anilines is 1. The molecule has 1 unspecified atom stereocenters. The van der Waals surface area contributed by atoms with Crippen LogP contribution in [0.1, 0.15) is 60.5 Å². The predicted octanol–water partition coefficient (Wildman–Crippen LogP) is 5.17. The summed E-state index contributed by atoms with van der Waals surface area (Å²) in [7, 11) is -1.24. The maximum absolute atomic E-state index is 13.6. The lowest BCUT2D eigenvalue weighted by Gasteiger charge is -2.46. The van der Waals surface area contributed by atoms with Crippen LogP contribution in [0.3, 0.4) is 0 Å². The van der Waals surface area contributed by atoms with Gasteiger partial charge in [-0.3, -0.25) is 9.52 Å². The lowest BCUT2D eigenvalue weighted by Crippen LogP contribution is -2.49. The molecule has 6 rings (SSSR count). The quantitative estimate of drug-likeness (QED) is 0.353. The van der Waals surface area contributed by atoms with Crippen molar-refractivity contribution in [2.75, 3.05) is 38.3 Å². The molecule has 7 nitrogen and oxygen atoms in total. The zero-order valence-electron chi connectivity index (χ0n) is 25.1. The molecule has 1 fully saturated rings. The highest BCUT2D eigenvalue weighted by molar-refractivity contribution is 7.99. The topological polar surface area (TPSA) is 88.1 Å². The van der Waals surface area contributed by atoms with Crippen molar-refractivity contribution in [2.45, 2.75) is 62.2 Å². The Labute approximate surface area is 260 Å². The number of nitrogens with zero attached hydrogens (tertiary/aromatic N) is 1. The molecule has 2 aliphatic carbocycles. The van der Waals surface area contributed by atoms with Crippen molar-refractivity contribution in [3.8, 4) is 5.75 Å². The molecule has 0 aromatic heterocycles. The van der Waals surface area contributed by atoms with Gasteiger partial charge < -0.3 is 19.5 Å². The van der Waals surface area contributed by atoms with Crippen molar-refractivity contribution in [1.82, 2.24) is 4.72 Å². The summed E-state index contributed by atoms with van der Waals surface area (Å²) in [4.78, 5) is 15.9. The van der Waals surface area contributed by atoms with Gasteiger partial charge in [-0.05, 0) is 105 Å². The minimum atomic E-state index is -2.99. The van der Waals surface area contributed by atoms with Gasteiger partial charge in [0, 0.05) is 54.0 Å². The van der Waals surface area contributed by atoms with Gasteiger partial charge in [-0.2, -0.15) is 0 Å². The van der Waals surface area contributed by atoms with E-state index in [1.165, 1.54) is 11.1 Å². The van der Waals surface area contributed by atoms with Crippen LogP contribution in [0.25, 0.3) is 0 Å². The van der Waals surface area contributed by atoms with Gasteiger partial charge in [0.15, 0.2) is 0 Å². The zero-order chi connectivity index (χ0) is 30.4. The van der Waals surface area contributed by atoms with Gasteiger partial charge in [-0.25, -0.2) is 4.21 Å². The number of ether oxygens (including phenoxy) is 2. The van der Waals surface area contributed by atoms with Crippen LogP contribution in [0.4, 0.5) is 5.69 Å². The van der Waals surface area contributed by atoms with Crippen LogP contribution in [-0.2, 0) is 26.3 Å². The molecular weight excluding hydrogens is 584 g/mol. The molecule has 1 spiro atoms. The number of aryl methyl sites for hydroxylation is 1. The van der Waals surface area contributed by atoms with Gasteiger partial charge in [0.2, 0.25) is 0 Å². The highest BCUT2D eigenvalue weighted by Crippen LogP contribution is 2.47. The largest absolute Gasteiger partial charge is 0.490 e. The molecule has 4 aliphatic rings. The third-order valence-corrected chi connectivity index (χ3v) is 12.5. The summed E-state index contributed by atoms with van der Waals surface area (Å²) in [6, 6.07) is 11.8. The van der Waals surface area contributed by atoms with Crippen molar-refractivity contribution < 1.29 is 23.6 Å².